The molecule has 1 aromatic rings. The van der Waals surface area contributed by atoms with Crippen LogP contribution >= 0.6 is 11.8 Å². The van der Waals surface area contributed by atoms with Crippen LogP contribution in [0.3, 0.4) is 0 Å². The number of halogens is 1. The molecule has 2 unspecified atom stereocenters. The maximum atomic E-state index is 13.8. The summed E-state index contributed by atoms with van der Waals surface area (Å²) in [5.74, 6) is -0.862. The molecule has 0 radical (unpaired) electrons. The number of carbonyl (C=O) groups is 2. The summed E-state index contributed by atoms with van der Waals surface area (Å²) < 4.78 is 13.8. The van der Waals surface area contributed by atoms with Crippen LogP contribution in [0.2, 0.25) is 0 Å². The standard InChI is InChI=1S/C15H17FN2O3S/c16-11-3-1-2-10-12(5-7-22-13(10)11)17-15(21)18-6-4-9(8-18)14(19)20/h1-3,9,12H,4-8H2,(H,17,21)(H,19,20). The number of rotatable bonds is 2. The van der Waals surface area contributed by atoms with Crippen LogP contribution in [0.4, 0.5) is 9.18 Å². The SMILES string of the molecule is O=C(O)C1CCN(C(=O)NC2CCSc3c(F)cccc32)C1. The number of amides is 2. The third-order valence-corrected chi connectivity index (χ3v) is 5.31. The van der Waals surface area contributed by atoms with E-state index in [-0.39, 0.29) is 24.4 Å². The molecule has 2 N–H and O–H groups in total. The maximum Gasteiger partial charge on any atom is 0.317 e. The van der Waals surface area contributed by atoms with Gasteiger partial charge in [0.25, 0.3) is 0 Å². The highest BCUT2D eigenvalue weighted by atomic mass is 32.2. The summed E-state index contributed by atoms with van der Waals surface area (Å²) in [5.41, 5.74) is 0.804. The number of fused-ring (bicyclic) bond motifs is 1. The molecule has 7 heteroatoms. The molecule has 0 aromatic heterocycles. The van der Waals surface area contributed by atoms with E-state index in [1.807, 2.05) is 6.07 Å². The molecule has 5 nitrogen and oxygen atoms in total. The molecule has 0 saturated carbocycles. The van der Waals surface area contributed by atoms with Crippen molar-refractivity contribution >= 4 is 23.8 Å². The van der Waals surface area contributed by atoms with Crippen LogP contribution in [-0.2, 0) is 4.79 Å². The van der Waals surface area contributed by atoms with Gasteiger partial charge >= 0.3 is 12.0 Å². The second-order valence-electron chi connectivity index (χ2n) is 5.57. The first kappa shape index (κ1) is 15.1. The minimum absolute atomic E-state index is 0.219. The fourth-order valence-corrected chi connectivity index (χ4v) is 4.06. The molecule has 2 aliphatic heterocycles. The van der Waals surface area contributed by atoms with E-state index in [2.05, 4.69) is 5.32 Å². The van der Waals surface area contributed by atoms with Crippen molar-refractivity contribution in [1.29, 1.82) is 0 Å². The molecule has 0 spiro atoms. The summed E-state index contributed by atoms with van der Waals surface area (Å²) in [5, 5.41) is 11.9. The predicted octanol–water partition coefficient (Wildman–Crippen LogP) is 2.48. The number of nitrogens with one attached hydrogen (secondary N) is 1. The minimum Gasteiger partial charge on any atom is -0.481 e. The van der Waals surface area contributed by atoms with E-state index in [9.17, 15) is 14.0 Å². The minimum atomic E-state index is -0.864. The Morgan fingerprint density at radius 3 is 2.91 bits per heavy atom. The number of carboxylic acid groups (broad SMARTS) is 1. The highest BCUT2D eigenvalue weighted by molar-refractivity contribution is 7.99. The number of likely N-dealkylation sites (tertiary alicyclic amines) is 1. The van der Waals surface area contributed by atoms with E-state index >= 15 is 0 Å². The van der Waals surface area contributed by atoms with Crippen molar-refractivity contribution in [3.63, 3.8) is 0 Å². The van der Waals surface area contributed by atoms with Gasteiger partial charge in [0.1, 0.15) is 5.82 Å². The zero-order chi connectivity index (χ0) is 15.7. The molecule has 118 valence electrons. The van der Waals surface area contributed by atoms with Crippen molar-refractivity contribution in [2.24, 2.45) is 5.92 Å². The van der Waals surface area contributed by atoms with Crippen LogP contribution in [0.15, 0.2) is 23.1 Å². The Labute approximate surface area is 131 Å². The number of hydrogen-bond acceptors (Lipinski definition) is 3. The third-order valence-electron chi connectivity index (χ3n) is 4.15. The molecule has 2 heterocycles. The first-order valence-electron chi connectivity index (χ1n) is 7.25. The summed E-state index contributed by atoms with van der Waals surface area (Å²) in [7, 11) is 0. The van der Waals surface area contributed by atoms with Gasteiger partial charge in [-0.05, 0) is 24.5 Å². The van der Waals surface area contributed by atoms with Crippen molar-refractivity contribution < 1.29 is 19.1 Å². The zero-order valence-corrected chi connectivity index (χ0v) is 12.7. The van der Waals surface area contributed by atoms with Crippen LogP contribution in [0.1, 0.15) is 24.4 Å². The lowest BCUT2D eigenvalue weighted by molar-refractivity contribution is -0.141. The van der Waals surface area contributed by atoms with Crippen LogP contribution in [0.25, 0.3) is 0 Å². The Balaban J connectivity index is 1.69. The largest absolute Gasteiger partial charge is 0.481 e. The molecule has 0 aliphatic carbocycles. The van der Waals surface area contributed by atoms with Gasteiger partial charge in [0, 0.05) is 23.7 Å². The van der Waals surface area contributed by atoms with Crippen molar-refractivity contribution in [3.8, 4) is 0 Å². The topological polar surface area (TPSA) is 69.6 Å². The molecule has 1 aromatic carbocycles. The van der Waals surface area contributed by atoms with E-state index in [1.54, 1.807) is 6.07 Å². The van der Waals surface area contributed by atoms with E-state index in [0.717, 1.165) is 17.7 Å². The van der Waals surface area contributed by atoms with E-state index < -0.39 is 11.9 Å². The van der Waals surface area contributed by atoms with Gasteiger partial charge in [-0.15, -0.1) is 11.8 Å². The van der Waals surface area contributed by atoms with Crippen molar-refractivity contribution in [2.45, 2.75) is 23.8 Å². The van der Waals surface area contributed by atoms with Gasteiger partial charge in [0.15, 0.2) is 0 Å². The average molecular weight is 324 g/mol. The zero-order valence-electron chi connectivity index (χ0n) is 11.9. The lowest BCUT2D eigenvalue weighted by Gasteiger charge is -2.28. The Bertz CT molecular complexity index is 610. The molecule has 2 atom stereocenters. The lowest BCUT2D eigenvalue weighted by Crippen LogP contribution is -2.41. The summed E-state index contributed by atoms with van der Waals surface area (Å²) in [4.78, 5) is 25.4. The number of hydrogen-bond donors (Lipinski definition) is 2. The van der Waals surface area contributed by atoms with Gasteiger partial charge in [0.2, 0.25) is 0 Å². The van der Waals surface area contributed by atoms with Crippen LogP contribution in [0.5, 0.6) is 0 Å². The number of carbonyl (C=O) groups excluding carboxylic acids is 1. The highest BCUT2D eigenvalue weighted by Gasteiger charge is 2.32. The molecular formula is C15H17FN2O3S. The molecule has 22 heavy (non-hydrogen) atoms. The van der Waals surface area contributed by atoms with E-state index in [4.69, 9.17) is 5.11 Å². The molecular weight excluding hydrogens is 307 g/mol. The Kier molecular flexibility index (Phi) is 4.24. The van der Waals surface area contributed by atoms with Crippen LogP contribution in [0, 0.1) is 11.7 Å². The maximum absolute atomic E-state index is 13.8. The Morgan fingerprint density at radius 2 is 2.18 bits per heavy atom. The molecule has 1 fully saturated rings. The monoisotopic (exact) mass is 324 g/mol. The Hall–Kier alpha value is -1.76. The number of thioether (sulfide) groups is 1. The van der Waals surface area contributed by atoms with E-state index in [0.29, 0.717) is 17.9 Å². The Morgan fingerprint density at radius 1 is 1.36 bits per heavy atom. The van der Waals surface area contributed by atoms with Gasteiger partial charge in [0.05, 0.1) is 12.0 Å². The van der Waals surface area contributed by atoms with Gasteiger partial charge in [-0.3, -0.25) is 4.79 Å². The second kappa shape index (κ2) is 6.16. The molecule has 2 aliphatic rings. The first-order chi connectivity index (χ1) is 10.6. The molecule has 2 amide bonds. The fraction of sp³-hybridized carbons (Fsp3) is 0.467. The number of benzene rings is 1. The van der Waals surface area contributed by atoms with Crippen molar-refractivity contribution in [1.82, 2.24) is 10.2 Å². The number of urea groups is 1. The third kappa shape index (κ3) is 2.90. The number of aliphatic carboxylic acids is 1. The normalized spacial score (nSPS) is 24.0. The number of nitrogens with zero attached hydrogens (tertiary/aromatic N) is 1. The van der Waals surface area contributed by atoms with Crippen molar-refractivity contribution in [2.75, 3.05) is 18.8 Å². The van der Waals surface area contributed by atoms with Gasteiger partial charge in [-0.2, -0.15) is 0 Å². The van der Waals surface area contributed by atoms with Crippen LogP contribution < -0.4 is 5.32 Å². The second-order valence-corrected chi connectivity index (χ2v) is 6.67. The quantitative estimate of drug-likeness (QED) is 0.877. The number of carboxylic acids is 1. The smallest absolute Gasteiger partial charge is 0.317 e. The summed E-state index contributed by atoms with van der Waals surface area (Å²) in [6, 6.07) is 4.42. The van der Waals surface area contributed by atoms with E-state index in [1.165, 1.54) is 22.7 Å². The van der Waals surface area contributed by atoms with Crippen molar-refractivity contribution in [3.05, 3.63) is 29.6 Å². The summed E-state index contributed by atoms with van der Waals surface area (Å²) >= 11 is 1.47. The van der Waals surface area contributed by atoms with Gasteiger partial charge in [-0.25, -0.2) is 9.18 Å². The average Bonchev–Trinajstić information content (AvgIpc) is 2.98. The predicted molar refractivity (Wildman–Crippen MR) is 80.3 cm³/mol. The first-order valence-corrected chi connectivity index (χ1v) is 8.24. The highest BCUT2D eigenvalue weighted by Crippen LogP contribution is 2.37. The fourth-order valence-electron chi connectivity index (χ4n) is 2.92. The van der Waals surface area contributed by atoms with Gasteiger partial charge < -0.3 is 15.3 Å². The summed E-state index contributed by atoms with van der Waals surface area (Å²) in [6.45, 7) is 0.679. The lowest BCUT2D eigenvalue weighted by atomic mass is 10.0. The van der Waals surface area contributed by atoms with Gasteiger partial charge in [-0.1, -0.05) is 12.1 Å². The molecule has 1 saturated heterocycles. The summed E-state index contributed by atoms with van der Waals surface area (Å²) in [6.07, 6.45) is 1.22. The van der Waals surface area contributed by atoms with Crippen LogP contribution in [-0.4, -0.2) is 40.8 Å². The molecule has 3 rings (SSSR count). The molecule has 0 bridgehead atoms.